The Morgan fingerprint density at radius 2 is 1.65 bits per heavy atom. The molecule has 0 bridgehead atoms. The zero-order valence-corrected chi connectivity index (χ0v) is 12.0. The molecule has 96 valence electrons. The molecule has 1 aromatic rings. The molecule has 1 rings (SSSR count). The number of hydrogen-bond donors (Lipinski definition) is 1. The lowest BCUT2D eigenvalue weighted by molar-refractivity contribution is 0.602. The van der Waals surface area contributed by atoms with Gasteiger partial charge in [0.2, 0.25) is 10.0 Å². The highest BCUT2D eigenvalue weighted by atomic mass is 32.2. The summed E-state index contributed by atoms with van der Waals surface area (Å²) in [5.41, 5.74) is 3.91. The fourth-order valence-corrected chi connectivity index (χ4v) is 2.50. The van der Waals surface area contributed by atoms with Gasteiger partial charge in [0.1, 0.15) is 0 Å². The fraction of sp³-hybridized carbons (Fsp3) is 0.538. The Labute approximate surface area is 104 Å². The van der Waals surface area contributed by atoms with Crippen molar-refractivity contribution in [3.8, 4) is 0 Å². The second kappa shape index (κ2) is 5.08. The van der Waals surface area contributed by atoms with Gasteiger partial charge in [0.15, 0.2) is 0 Å². The van der Waals surface area contributed by atoms with Crippen LogP contribution in [0.2, 0.25) is 0 Å². The molecule has 1 aromatic carbocycles. The van der Waals surface area contributed by atoms with Gasteiger partial charge < -0.3 is 0 Å². The standard InChI is InChI=1S/C13H21NO2S/c1-6-17(15,16)14-13-10(4)7-12(9(2)3)8-11(13)5/h7-9,14H,6H2,1-5H3. The minimum Gasteiger partial charge on any atom is -0.283 e. The van der Waals surface area contributed by atoms with Crippen molar-refractivity contribution in [1.82, 2.24) is 0 Å². The molecule has 0 heterocycles. The highest BCUT2D eigenvalue weighted by Crippen LogP contribution is 2.26. The molecule has 0 fully saturated rings. The smallest absolute Gasteiger partial charge is 0.232 e. The Balaban J connectivity index is 3.19. The lowest BCUT2D eigenvalue weighted by Crippen LogP contribution is -2.16. The monoisotopic (exact) mass is 255 g/mol. The second-order valence-electron chi connectivity index (χ2n) is 4.69. The molecule has 0 unspecified atom stereocenters. The minimum absolute atomic E-state index is 0.0951. The molecular weight excluding hydrogens is 234 g/mol. The first-order chi connectivity index (χ1) is 7.76. The average molecular weight is 255 g/mol. The topological polar surface area (TPSA) is 46.2 Å². The third-order valence-corrected chi connectivity index (χ3v) is 4.13. The van der Waals surface area contributed by atoms with Crippen molar-refractivity contribution < 1.29 is 8.42 Å². The summed E-state index contributed by atoms with van der Waals surface area (Å²) in [7, 11) is -3.20. The molecule has 0 radical (unpaired) electrons. The molecule has 1 N–H and O–H groups in total. The summed E-state index contributed by atoms with van der Waals surface area (Å²) in [5, 5.41) is 0. The number of nitrogens with one attached hydrogen (secondary N) is 1. The van der Waals surface area contributed by atoms with Gasteiger partial charge in [-0.1, -0.05) is 26.0 Å². The van der Waals surface area contributed by atoms with E-state index in [-0.39, 0.29) is 5.75 Å². The van der Waals surface area contributed by atoms with Gasteiger partial charge in [0, 0.05) is 0 Å². The average Bonchev–Trinajstić information content (AvgIpc) is 2.23. The zero-order valence-electron chi connectivity index (χ0n) is 11.2. The third-order valence-electron chi connectivity index (χ3n) is 2.86. The number of aryl methyl sites for hydroxylation is 2. The second-order valence-corrected chi connectivity index (χ2v) is 6.70. The first-order valence-electron chi connectivity index (χ1n) is 5.88. The molecular formula is C13H21NO2S. The van der Waals surface area contributed by atoms with E-state index < -0.39 is 10.0 Å². The molecule has 0 aliphatic heterocycles. The van der Waals surface area contributed by atoms with E-state index in [9.17, 15) is 8.42 Å². The number of hydrogen-bond acceptors (Lipinski definition) is 2. The van der Waals surface area contributed by atoms with Gasteiger partial charge in [-0.05, 0) is 43.4 Å². The van der Waals surface area contributed by atoms with Crippen LogP contribution in [0.5, 0.6) is 0 Å². The van der Waals surface area contributed by atoms with Crippen molar-refractivity contribution in [1.29, 1.82) is 0 Å². The molecule has 3 nitrogen and oxygen atoms in total. The van der Waals surface area contributed by atoms with Gasteiger partial charge in [-0.25, -0.2) is 8.42 Å². The molecule has 4 heteroatoms. The number of sulfonamides is 1. The summed E-state index contributed by atoms with van der Waals surface area (Å²) in [6.45, 7) is 9.77. The summed E-state index contributed by atoms with van der Waals surface area (Å²) < 4.78 is 25.8. The van der Waals surface area contributed by atoms with Crippen molar-refractivity contribution in [2.24, 2.45) is 0 Å². The van der Waals surface area contributed by atoms with Crippen LogP contribution in [-0.2, 0) is 10.0 Å². The summed E-state index contributed by atoms with van der Waals surface area (Å²) in [4.78, 5) is 0. The number of benzene rings is 1. The quantitative estimate of drug-likeness (QED) is 0.898. The number of anilines is 1. The highest BCUT2D eigenvalue weighted by Gasteiger charge is 2.12. The van der Waals surface area contributed by atoms with Crippen LogP contribution in [0.15, 0.2) is 12.1 Å². The van der Waals surface area contributed by atoms with E-state index in [1.807, 2.05) is 26.0 Å². The van der Waals surface area contributed by atoms with Gasteiger partial charge in [-0.2, -0.15) is 0 Å². The Morgan fingerprint density at radius 3 is 2.00 bits per heavy atom. The molecule has 0 aromatic heterocycles. The van der Waals surface area contributed by atoms with Crippen LogP contribution in [0.3, 0.4) is 0 Å². The first kappa shape index (κ1) is 14.0. The highest BCUT2D eigenvalue weighted by molar-refractivity contribution is 7.92. The van der Waals surface area contributed by atoms with E-state index in [0.29, 0.717) is 5.92 Å². The lowest BCUT2D eigenvalue weighted by Gasteiger charge is -2.15. The van der Waals surface area contributed by atoms with Crippen LogP contribution < -0.4 is 4.72 Å². The Morgan fingerprint density at radius 1 is 1.18 bits per heavy atom. The zero-order chi connectivity index (χ0) is 13.2. The van der Waals surface area contributed by atoms with Crippen LogP contribution in [-0.4, -0.2) is 14.2 Å². The summed E-state index contributed by atoms with van der Waals surface area (Å²) in [5.74, 6) is 0.543. The molecule has 0 saturated heterocycles. The van der Waals surface area contributed by atoms with Gasteiger partial charge in [-0.3, -0.25) is 4.72 Å². The van der Waals surface area contributed by atoms with Crippen molar-refractivity contribution in [2.45, 2.75) is 40.5 Å². The van der Waals surface area contributed by atoms with E-state index in [2.05, 4.69) is 18.6 Å². The SMILES string of the molecule is CCS(=O)(=O)Nc1c(C)cc(C(C)C)cc1C. The minimum atomic E-state index is -3.20. The molecule has 0 spiro atoms. The van der Waals surface area contributed by atoms with E-state index in [1.165, 1.54) is 5.56 Å². The normalized spacial score (nSPS) is 11.9. The van der Waals surface area contributed by atoms with Crippen molar-refractivity contribution in [2.75, 3.05) is 10.5 Å². The molecule has 0 aliphatic rings. The maximum Gasteiger partial charge on any atom is 0.232 e. The van der Waals surface area contributed by atoms with E-state index in [0.717, 1.165) is 16.8 Å². The lowest BCUT2D eigenvalue weighted by atomic mass is 9.97. The molecule has 0 aliphatic carbocycles. The van der Waals surface area contributed by atoms with E-state index >= 15 is 0 Å². The fourth-order valence-electron chi connectivity index (χ4n) is 1.72. The van der Waals surface area contributed by atoms with Crippen molar-refractivity contribution in [3.05, 3.63) is 28.8 Å². The van der Waals surface area contributed by atoms with Crippen LogP contribution >= 0.6 is 0 Å². The Kier molecular flexibility index (Phi) is 4.20. The molecule has 0 atom stereocenters. The third kappa shape index (κ3) is 3.46. The predicted octanol–water partition coefficient (Wildman–Crippen LogP) is 3.19. The maximum atomic E-state index is 11.6. The van der Waals surface area contributed by atoms with Crippen LogP contribution in [0.1, 0.15) is 43.4 Å². The van der Waals surface area contributed by atoms with Crippen molar-refractivity contribution in [3.63, 3.8) is 0 Å². The summed E-state index contributed by atoms with van der Waals surface area (Å²) in [6.07, 6.45) is 0. The van der Waals surface area contributed by atoms with Crippen LogP contribution in [0.25, 0.3) is 0 Å². The van der Waals surface area contributed by atoms with E-state index in [1.54, 1.807) is 6.92 Å². The van der Waals surface area contributed by atoms with Crippen LogP contribution in [0, 0.1) is 13.8 Å². The van der Waals surface area contributed by atoms with Gasteiger partial charge in [0.25, 0.3) is 0 Å². The summed E-state index contributed by atoms with van der Waals surface area (Å²) >= 11 is 0. The van der Waals surface area contributed by atoms with Gasteiger partial charge in [-0.15, -0.1) is 0 Å². The largest absolute Gasteiger partial charge is 0.283 e. The van der Waals surface area contributed by atoms with Gasteiger partial charge in [0.05, 0.1) is 11.4 Å². The first-order valence-corrected chi connectivity index (χ1v) is 7.53. The molecule has 0 amide bonds. The summed E-state index contributed by atoms with van der Waals surface area (Å²) in [6, 6.07) is 4.09. The maximum absolute atomic E-state index is 11.6. The molecule has 0 saturated carbocycles. The Bertz CT molecular complexity index is 481. The van der Waals surface area contributed by atoms with Crippen LogP contribution in [0.4, 0.5) is 5.69 Å². The van der Waals surface area contributed by atoms with Gasteiger partial charge >= 0.3 is 0 Å². The number of rotatable bonds is 4. The van der Waals surface area contributed by atoms with E-state index in [4.69, 9.17) is 0 Å². The Hall–Kier alpha value is -1.03. The van der Waals surface area contributed by atoms with Crippen molar-refractivity contribution >= 4 is 15.7 Å². The predicted molar refractivity (Wildman–Crippen MR) is 73.1 cm³/mol. The molecule has 17 heavy (non-hydrogen) atoms.